The normalized spacial score (nSPS) is 48.2. The Morgan fingerprint density at radius 2 is 1.97 bits per heavy atom. The number of esters is 1. The van der Waals surface area contributed by atoms with Gasteiger partial charge in [0, 0.05) is 25.7 Å². The number of hydrogen-bond donors (Lipinski definition) is 0. The summed E-state index contributed by atoms with van der Waals surface area (Å²) in [6, 6.07) is 0. The quantitative estimate of drug-likeness (QED) is 0.428. The van der Waals surface area contributed by atoms with E-state index in [1.165, 1.54) is 26.2 Å². The second kappa shape index (κ2) is 6.21. The third-order valence-electron chi connectivity index (χ3n) is 9.59. The van der Waals surface area contributed by atoms with Gasteiger partial charge in [0.05, 0.1) is 5.70 Å². The maximum atomic E-state index is 11.4. The molecule has 0 aromatic rings. The van der Waals surface area contributed by atoms with Crippen molar-refractivity contribution in [3.05, 3.63) is 23.9 Å². The maximum absolute atomic E-state index is 11.4. The predicted molar refractivity (Wildman–Crippen MR) is 113 cm³/mol. The molecule has 158 valence electrons. The lowest BCUT2D eigenvalue weighted by atomic mass is 9.47. The molecule has 1 spiro atoms. The van der Waals surface area contributed by atoms with Gasteiger partial charge in [-0.25, -0.2) is 4.99 Å². The van der Waals surface area contributed by atoms with E-state index in [2.05, 4.69) is 31.5 Å². The zero-order chi connectivity index (χ0) is 20.6. The Morgan fingerprint density at radius 1 is 1.21 bits per heavy atom. The van der Waals surface area contributed by atoms with E-state index in [1.54, 1.807) is 5.57 Å². The third kappa shape index (κ3) is 2.50. The van der Waals surface area contributed by atoms with Gasteiger partial charge in [-0.3, -0.25) is 4.79 Å². The molecule has 0 radical (unpaired) electrons. The average Bonchev–Trinajstić information content (AvgIpc) is 3.11. The lowest BCUT2D eigenvalue weighted by Crippen LogP contribution is -2.55. The maximum Gasteiger partial charge on any atom is 0.302 e. The molecule has 4 aliphatic carbocycles. The highest BCUT2D eigenvalue weighted by molar-refractivity contribution is 5.78. The van der Waals surface area contributed by atoms with Crippen LogP contribution < -0.4 is 0 Å². The fourth-order valence-corrected chi connectivity index (χ4v) is 8.22. The molecule has 0 aromatic heterocycles. The number of ether oxygens (including phenoxy) is 2. The fraction of sp³-hybridized carbons (Fsp3) is 0.760. The summed E-state index contributed by atoms with van der Waals surface area (Å²) in [7, 11) is 0. The van der Waals surface area contributed by atoms with E-state index in [9.17, 15) is 4.79 Å². The van der Waals surface area contributed by atoms with Crippen LogP contribution in [-0.4, -0.2) is 23.6 Å². The van der Waals surface area contributed by atoms with Crippen LogP contribution in [0.5, 0.6) is 0 Å². The molecule has 5 rings (SSSR count). The van der Waals surface area contributed by atoms with Gasteiger partial charge in [-0.05, 0) is 68.1 Å². The molecule has 4 heteroatoms. The van der Waals surface area contributed by atoms with E-state index in [-0.39, 0.29) is 28.5 Å². The van der Waals surface area contributed by atoms with E-state index in [1.807, 2.05) is 6.92 Å². The Morgan fingerprint density at radius 3 is 2.66 bits per heavy atom. The molecule has 3 saturated carbocycles. The topological polar surface area (TPSA) is 47.9 Å². The van der Waals surface area contributed by atoms with Gasteiger partial charge < -0.3 is 9.47 Å². The van der Waals surface area contributed by atoms with Crippen molar-refractivity contribution >= 4 is 11.9 Å². The van der Waals surface area contributed by atoms with Crippen LogP contribution in [0.4, 0.5) is 0 Å². The molecule has 3 fully saturated rings. The highest BCUT2D eigenvalue weighted by Crippen LogP contribution is 2.69. The molecule has 0 bridgehead atoms. The second-order valence-corrected chi connectivity index (χ2v) is 10.7. The fourth-order valence-electron chi connectivity index (χ4n) is 8.22. The molecule has 29 heavy (non-hydrogen) atoms. The number of rotatable bonds is 1. The molecular formula is C25H35NO3. The van der Waals surface area contributed by atoms with Gasteiger partial charge in [-0.2, -0.15) is 0 Å². The van der Waals surface area contributed by atoms with Gasteiger partial charge in [0.1, 0.15) is 6.10 Å². The van der Waals surface area contributed by atoms with Gasteiger partial charge in [0.25, 0.3) is 0 Å². The number of allylic oxidation sites excluding steroid dienone is 1. The predicted octanol–water partition coefficient (Wildman–Crippen LogP) is 5.58. The van der Waals surface area contributed by atoms with Crippen molar-refractivity contribution in [3.8, 4) is 0 Å². The summed E-state index contributed by atoms with van der Waals surface area (Å²) in [4.78, 5) is 16.1. The second-order valence-electron chi connectivity index (χ2n) is 10.7. The molecule has 0 aromatic carbocycles. The first kappa shape index (κ1) is 19.4. The van der Waals surface area contributed by atoms with Crippen molar-refractivity contribution < 1.29 is 14.3 Å². The van der Waals surface area contributed by atoms with Crippen LogP contribution >= 0.6 is 0 Å². The largest absolute Gasteiger partial charge is 0.467 e. The summed E-state index contributed by atoms with van der Waals surface area (Å²) >= 11 is 0. The first-order valence-corrected chi connectivity index (χ1v) is 11.5. The molecule has 1 heterocycles. The summed E-state index contributed by atoms with van der Waals surface area (Å²) in [6.45, 7) is 12.8. The summed E-state index contributed by atoms with van der Waals surface area (Å²) in [6.07, 6.45) is 11.5. The first-order valence-electron chi connectivity index (χ1n) is 11.5. The van der Waals surface area contributed by atoms with Gasteiger partial charge in [0.2, 0.25) is 0 Å². The highest BCUT2D eigenvalue weighted by Gasteiger charge is 2.67. The van der Waals surface area contributed by atoms with E-state index >= 15 is 0 Å². The van der Waals surface area contributed by atoms with Crippen LogP contribution in [0.2, 0.25) is 0 Å². The van der Waals surface area contributed by atoms with Crippen molar-refractivity contribution in [2.75, 3.05) is 0 Å². The van der Waals surface area contributed by atoms with Crippen LogP contribution in [0.1, 0.15) is 79.1 Å². The highest BCUT2D eigenvalue weighted by atomic mass is 16.5. The van der Waals surface area contributed by atoms with Crippen molar-refractivity contribution in [1.29, 1.82) is 0 Å². The summed E-state index contributed by atoms with van der Waals surface area (Å²) in [5, 5.41) is 0. The number of nitrogens with zero attached hydrogens (tertiary/aromatic N) is 1. The molecule has 1 aliphatic heterocycles. The molecule has 0 N–H and O–H groups in total. The number of fused-ring (bicyclic) bond motifs is 6. The summed E-state index contributed by atoms with van der Waals surface area (Å²) < 4.78 is 12.0. The standard InChI is InChI=1S/C25H35NO3/c1-15-25(29-16(2)26-15)13-10-22-20-7-6-18-14-19(28-17(3)27)8-11-23(18,4)21(20)9-12-24(22,25)5/h6,19-22H,1,7-14H2,2-5H3/t19-,20?,21?,22-,23-,24-,25-/m0/s1. The molecule has 0 saturated heterocycles. The number of carbonyl (C=O) groups is 1. The molecule has 4 nitrogen and oxygen atoms in total. The van der Waals surface area contributed by atoms with E-state index in [0.29, 0.717) is 11.8 Å². The zero-order valence-electron chi connectivity index (χ0n) is 18.4. The van der Waals surface area contributed by atoms with Crippen LogP contribution in [0.25, 0.3) is 0 Å². The van der Waals surface area contributed by atoms with Crippen molar-refractivity contribution in [3.63, 3.8) is 0 Å². The molecule has 5 aliphatic rings. The van der Waals surface area contributed by atoms with Gasteiger partial charge in [0.15, 0.2) is 11.5 Å². The Balaban J connectivity index is 1.43. The minimum Gasteiger partial charge on any atom is -0.467 e. The molecule has 0 amide bonds. The zero-order valence-corrected chi connectivity index (χ0v) is 18.4. The van der Waals surface area contributed by atoms with E-state index in [4.69, 9.17) is 9.47 Å². The van der Waals surface area contributed by atoms with Crippen LogP contribution in [0.3, 0.4) is 0 Å². The van der Waals surface area contributed by atoms with Crippen LogP contribution in [-0.2, 0) is 14.3 Å². The van der Waals surface area contributed by atoms with Crippen molar-refractivity contribution in [2.24, 2.45) is 33.6 Å². The average molecular weight is 398 g/mol. The third-order valence-corrected chi connectivity index (χ3v) is 9.59. The van der Waals surface area contributed by atoms with Crippen molar-refractivity contribution in [2.45, 2.75) is 90.8 Å². The van der Waals surface area contributed by atoms with Gasteiger partial charge in [-0.1, -0.05) is 32.1 Å². The Labute approximate surface area is 174 Å². The summed E-state index contributed by atoms with van der Waals surface area (Å²) in [5.74, 6) is 2.75. The minimum atomic E-state index is -0.273. The van der Waals surface area contributed by atoms with Crippen LogP contribution in [0.15, 0.2) is 28.9 Å². The smallest absolute Gasteiger partial charge is 0.302 e. The Bertz CT molecular complexity index is 828. The number of carbonyl (C=O) groups excluding carboxylic acids is 1. The van der Waals surface area contributed by atoms with Crippen molar-refractivity contribution in [1.82, 2.24) is 0 Å². The Kier molecular flexibility index (Phi) is 4.15. The lowest BCUT2D eigenvalue weighted by Gasteiger charge is -2.59. The Hall–Kier alpha value is -1.58. The minimum absolute atomic E-state index is 0.0716. The molecular weight excluding hydrogens is 362 g/mol. The number of aliphatic imine (C=N–C) groups is 1. The lowest BCUT2D eigenvalue weighted by molar-refractivity contribution is -0.149. The van der Waals surface area contributed by atoms with Crippen LogP contribution in [0, 0.1) is 28.6 Å². The SMILES string of the molecule is C=C1N=C(C)O[C@@]12CC[C@H]1C3CC=C4C[C@@H](OC(C)=O)CC[C@]4(C)C3CC[C@@]12C. The molecule has 7 atom stereocenters. The molecule has 2 unspecified atom stereocenters. The number of hydrogen-bond acceptors (Lipinski definition) is 4. The van der Waals surface area contributed by atoms with Gasteiger partial charge >= 0.3 is 5.97 Å². The monoisotopic (exact) mass is 397 g/mol. The summed E-state index contributed by atoms with van der Waals surface area (Å²) in [5.41, 5.74) is 2.62. The van der Waals surface area contributed by atoms with E-state index in [0.717, 1.165) is 49.6 Å². The van der Waals surface area contributed by atoms with E-state index < -0.39 is 0 Å². The first-order chi connectivity index (χ1) is 13.7. The van der Waals surface area contributed by atoms with Gasteiger partial charge in [-0.15, -0.1) is 0 Å².